The summed E-state index contributed by atoms with van der Waals surface area (Å²) in [5.41, 5.74) is 1.52. The average molecular weight is 391 g/mol. The smallest absolute Gasteiger partial charge is 0.243 e. The molecule has 27 heavy (non-hydrogen) atoms. The lowest BCUT2D eigenvalue weighted by molar-refractivity contribution is -0.132. The molecular formula is C19H26N4O3S. The van der Waals surface area contributed by atoms with E-state index < -0.39 is 10.0 Å². The Bertz CT molecular complexity index is 926. The standard InChI is InChI=1S/C19H26N4O3S/c24-19(21-9-2-1-3-10-21)8-13-22-15-20-17-14-16(6-7-18(17)22)27(25,26)23-11-4-5-12-23/h6-7,14-15H,1-5,8-13H2. The van der Waals surface area contributed by atoms with Crippen molar-refractivity contribution in [1.82, 2.24) is 18.8 Å². The summed E-state index contributed by atoms with van der Waals surface area (Å²) >= 11 is 0. The van der Waals surface area contributed by atoms with Gasteiger partial charge in [0.05, 0.1) is 22.3 Å². The highest BCUT2D eigenvalue weighted by Crippen LogP contribution is 2.24. The lowest BCUT2D eigenvalue weighted by Gasteiger charge is -2.26. The zero-order valence-corrected chi connectivity index (χ0v) is 16.3. The van der Waals surface area contributed by atoms with Crippen molar-refractivity contribution < 1.29 is 13.2 Å². The van der Waals surface area contributed by atoms with Crippen LogP contribution in [0.2, 0.25) is 0 Å². The highest BCUT2D eigenvalue weighted by Gasteiger charge is 2.27. The van der Waals surface area contributed by atoms with Crippen LogP contribution in [-0.4, -0.2) is 59.3 Å². The fourth-order valence-corrected chi connectivity index (χ4v) is 5.51. The maximum absolute atomic E-state index is 12.7. The first-order chi connectivity index (χ1) is 13.1. The Balaban J connectivity index is 1.48. The van der Waals surface area contributed by atoms with Crippen LogP contribution in [0.5, 0.6) is 0 Å². The number of amides is 1. The van der Waals surface area contributed by atoms with E-state index in [9.17, 15) is 13.2 Å². The minimum Gasteiger partial charge on any atom is -0.343 e. The van der Waals surface area contributed by atoms with Crippen LogP contribution in [-0.2, 0) is 21.4 Å². The molecular weight excluding hydrogens is 364 g/mol. The number of sulfonamides is 1. The predicted octanol–water partition coefficient (Wildman–Crippen LogP) is 2.22. The predicted molar refractivity (Wildman–Crippen MR) is 103 cm³/mol. The Morgan fingerprint density at radius 2 is 1.70 bits per heavy atom. The minimum absolute atomic E-state index is 0.185. The van der Waals surface area contributed by atoms with Crippen LogP contribution in [0, 0.1) is 0 Å². The molecule has 0 radical (unpaired) electrons. The number of fused-ring (bicyclic) bond motifs is 1. The molecule has 0 spiro atoms. The van der Waals surface area contributed by atoms with Crippen LogP contribution < -0.4 is 0 Å². The number of carbonyl (C=O) groups excluding carboxylic acids is 1. The SMILES string of the molecule is O=C(CCn1cnc2cc(S(=O)(=O)N3CCCC3)ccc21)N1CCCCC1. The van der Waals surface area contributed by atoms with E-state index in [0.717, 1.165) is 44.3 Å². The Kier molecular flexibility index (Phi) is 5.19. The maximum Gasteiger partial charge on any atom is 0.243 e. The first-order valence-electron chi connectivity index (χ1n) is 9.78. The molecule has 7 nitrogen and oxygen atoms in total. The summed E-state index contributed by atoms with van der Waals surface area (Å²) in [6.45, 7) is 3.47. The number of aromatic nitrogens is 2. The Morgan fingerprint density at radius 1 is 1.00 bits per heavy atom. The maximum atomic E-state index is 12.7. The van der Waals surface area contributed by atoms with Gasteiger partial charge in [-0.15, -0.1) is 0 Å². The Morgan fingerprint density at radius 3 is 2.44 bits per heavy atom. The molecule has 2 aliphatic rings. The van der Waals surface area contributed by atoms with E-state index in [1.807, 2.05) is 9.47 Å². The van der Waals surface area contributed by atoms with Crippen molar-refractivity contribution in [2.24, 2.45) is 0 Å². The molecule has 4 rings (SSSR count). The second-order valence-electron chi connectivity index (χ2n) is 7.39. The number of nitrogens with zero attached hydrogens (tertiary/aromatic N) is 4. The summed E-state index contributed by atoms with van der Waals surface area (Å²) < 4.78 is 28.9. The van der Waals surface area contributed by atoms with Crippen LogP contribution >= 0.6 is 0 Å². The zero-order chi connectivity index (χ0) is 18.9. The van der Waals surface area contributed by atoms with Gasteiger partial charge < -0.3 is 9.47 Å². The van der Waals surface area contributed by atoms with E-state index in [-0.39, 0.29) is 5.91 Å². The third-order valence-electron chi connectivity index (χ3n) is 5.57. The van der Waals surface area contributed by atoms with E-state index >= 15 is 0 Å². The zero-order valence-electron chi connectivity index (χ0n) is 15.5. The van der Waals surface area contributed by atoms with Crippen molar-refractivity contribution in [3.05, 3.63) is 24.5 Å². The molecule has 0 aliphatic carbocycles. The number of carbonyl (C=O) groups is 1. The fourth-order valence-electron chi connectivity index (χ4n) is 3.98. The quantitative estimate of drug-likeness (QED) is 0.785. The first-order valence-corrected chi connectivity index (χ1v) is 11.2. The van der Waals surface area contributed by atoms with E-state index in [2.05, 4.69) is 4.98 Å². The number of hydrogen-bond acceptors (Lipinski definition) is 4. The molecule has 1 amide bonds. The van der Waals surface area contributed by atoms with Gasteiger partial charge in [0.15, 0.2) is 0 Å². The number of imidazole rings is 1. The second kappa shape index (κ2) is 7.59. The minimum atomic E-state index is -3.44. The second-order valence-corrected chi connectivity index (χ2v) is 9.33. The van der Waals surface area contributed by atoms with Gasteiger partial charge in [-0.1, -0.05) is 0 Å². The number of likely N-dealkylation sites (tertiary alicyclic amines) is 1. The summed E-state index contributed by atoms with van der Waals surface area (Å²) in [6.07, 6.45) is 7.36. The van der Waals surface area contributed by atoms with Gasteiger partial charge in [0.2, 0.25) is 15.9 Å². The Hall–Kier alpha value is -1.93. The third-order valence-corrected chi connectivity index (χ3v) is 7.47. The number of hydrogen-bond donors (Lipinski definition) is 0. The third kappa shape index (κ3) is 3.73. The van der Waals surface area contributed by atoms with Gasteiger partial charge in [-0.2, -0.15) is 4.31 Å². The van der Waals surface area contributed by atoms with Crippen molar-refractivity contribution in [2.75, 3.05) is 26.2 Å². The van der Waals surface area contributed by atoms with Crippen LogP contribution in [0.1, 0.15) is 38.5 Å². The van der Waals surface area contributed by atoms with Crippen molar-refractivity contribution in [3.8, 4) is 0 Å². The van der Waals surface area contributed by atoms with E-state index in [1.165, 1.54) is 6.42 Å². The average Bonchev–Trinajstić information content (AvgIpc) is 3.37. The van der Waals surface area contributed by atoms with Crippen LogP contribution in [0.4, 0.5) is 0 Å². The molecule has 8 heteroatoms. The van der Waals surface area contributed by atoms with Crippen molar-refractivity contribution in [1.29, 1.82) is 0 Å². The summed E-state index contributed by atoms with van der Waals surface area (Å²) in [4.78, 5) is 19.0. The lowest BCUT2D eigenvalue weighted by atomic mass is 10.1. The number of benzene rings is 1. The van der Waals surface area contributed by atoms with Gasteiger partial charge in [0, 0.05) is 39.1 Å². The summed E-state index contributed by atoms with van der Waals surface area (Å²) in [5.74, 6) is 0.185. The molecule has 0 atom stereocenters. The lowest BCUT2D eigenvalue weighted by Crippen LogP contribution is -2.35. The molecule has 2 aromatic rings. The van der Waals surface area contributed by atoms with Crippen LogP contribution in [0.3, 0.4) is 0 Å². The monoisotopic (exact) mass is 390 g/mol. The van der Waals surface area contributed by atoms with Gasteiger partial charge in [-0.3, -0.25) is 4.79 Å². The molecule has 0 saturated carbocycles. The Labute approximate surface area is 160 Å². The van der Waals surface area contributed by atoms with Gasteiger partial charge in [0.1, 0.15) is 0 Å². The topological polar surface area (TPSA) is 75.5 Å². The summed E-state index contributed by atoms with van der Waals surface area (Å²) in [6, 6.07) is 5.10. The highest BCUT2D eigenvalue weighted by molar-refractivity contribution is 7.89. The van der Waals surface area contributed by atoms with Gasteiger partial charge in [-0.05, 0) is 50.3 Å². The molecule has 3 heterocycles. The van der Waals surface area contributed by atoms with Crippen LogP contribution in [0.15, 0.2) is 29.4 Å². The molecule has 2 saturated heterocycles. The summed E-state index contributed by atoms with van der Waals surface area (Å²) in [5, 5.41) is 0. The van der Waals surface area contributed by atoms with Crippen LogP contribution in [0.25, 0.3) is 11.0 Å². The molecule has 2 aliphatic heterocycles. The number of rotatable bonds is 5. The largest absolute Gasteiger partial charge is 0.343 e. The van der Waals surface area contributed by atoms with Gasteiger partial charge in [-0.25, -0.2) is 13.4 Å². The molecule has 0 N–H and O–H groups in total. The molecule has 1 aromatic carbocycles. The van der Waals surface area contributed by atoms with E-state index in [4.69, 9.17) is 0 Å². The van der Waals surface area contributed by atoms with Crippen molar-refractivity contribution in [2.45, 2.75) is 50.0 Å². The highest BCUT2D eigenvalue weighted by atomic mass is 32.2. The molecule has 146 valence electrons. The number of piperidine rings is 1. The van der Waals surface area contributed by atoms with Gasteiger partial charge in [0.25, 0.3) is 0 Å². The van der Waals surface area contributed by atoms with Crippen molar-refractivity contribution in [3.63, 3.8) is 0 Å². The molecule has 0 bridgehead atoms. The summed E-state index contributed by atoms with van der Waals surface area (Å²) in [7, 11) is -3.44. The molecule has 1 aromatic heterocycles. The molecule has 2 fully saturated rings. The normalized spacial score (nSPS) is 19.0. The van der Waals surface area contributed by atoms with Gasteiger partial charge >= 0.3 is 0 Å². The van der Waals surface area contributed by atoms with E-state index in [0.29, 0.717) is 36.5 Å². The first kappa shape index (κ1) is 18.4. The van der Waals surface area contributed by atoms with E-state index in [1.54, 1.807) is 28.8 Å². The number of aryl methyl sites for hydroxylation is 1. The van der Waals surface area contributed by atoms with Crippen molar-refractivity contribution >= 4 is 27.0 Å². The fraction of sp³-hybridized carbons (Fsp3) is 0.579. The molecule has 0 unspecified atom stereocenters.